The molecule has 1 aromatic rings. The number of carboxylic acid groups (broad SMARTS) is 1. The number of rotatable bonds is 25. The van der Waals surface area contributed by atoms with E-state index in [-0.39, 0.29) is 56.3 Å². The lowest BCUT2D eigenvalue weighted by atomic mass is 9.99. The number of amides is 5. The van der Waals surface area contributed by atoms with Crippen LogP contribution >= 0.6 is 0 Å². The van der Waals surface area contributed by atoms with Crippen molar-refractivity contribution in [1.29, 1.82) is 0 Å². The predicted octanol–water partition coefficient (Wildman–Crippen LogP) is -1.96. The summed E-state index contributed by atoms with van der Waals surface area (Å²) in [4.78, 5) is 83.4. The van der Waals surface area contributed by atoms with E-state index in [1.165, 1.54) is 31.2 Å². The van der Waals surface area contributed by atoms with Gasteiger partial charge in [-0.05, 0) is 81.5 Å². The van der Waals surface area contributed by atoms with Gasteiger partial charge in [0.1, 0.15) is 42.0 Å². The third-order valence-corrected chi connectivity index (χ3v) is 8.56. The van der Waals surface area contributed by atoms with Crippen LogP contribution in [0.1, 0.15) is 78.7 Å². The van der Waals surface area contributed by atoms with Crippen LogP contribution in [0.5, 0.6) is 5.75 Å². The number of phenols is 1. The molecule has 0 saturated heterocycles. The molecule has 0 saturated carbocycles. The van der Waals surface area contributed by atoms with Gasteiger partial charge in [0.25, 0.3) is 0 Å². The maximum atomic E-state index is 13.9. The fraction of sp³-hybridized carbons (Fsp3) is 0.639. The number of nitrogens with two attached hydrogens (primary N) is 4. The monoisotopic (exact) mass is 778 g/mol. The first kappa shape index (κ1) is 48.0. The van der Waals surface area contributed by atoms with Crippen molar-refractivity contribution >= 4 is 41.5 Å². The molecule has 1 rings (SSSR count). The number of carboxylic acids is 1. The molecule has 7 atom stereocenters. The highest BCUT2D eigenvalue weighted by atomic mass is 16.4. The van der Waals surface area contributed by atoms with Crippen LogP contribution in [-0.4, -0.2) is 112 Å². The Morgan fingerprint density at radius 2 is 1.22 bits per heavy atom. The van der Waals surface area contributed by atoms with E-state index in [9.17, 15) is 44.1 Å². The Morgan fingerprint density at radius 3 is 1.73 bits per heavy atom. The molecule has 0 aliphatic rings. The molecule has 310 valence electrons. The molecule has 0 spiro atoms. The van der Waals surface area contributed by atoms with Gasteiger partial charge in [-0.15, -0.1) is 0 Å². The number of aromatic hydroxyl groups is 1. The summed E-state index contributed by atoms with van der Waals surface area (Å²) in [5, 5.41) is 42.2. The second-order valence-corrected chi connectivity index (χ2v) is 14.3. The fourth-order valence-electron chi connectivity index (χ4n) is 5.39. The molecule has 0 bridgehead atoms. The van der Waals surface area contributed by atoms with Crippen molar-refractivity contribution < 1.29 is 44.1 Å². The predicted molar refractivity (Wildman–Crippen MR) is 206 cm³/mol. The summed E-state index contributed by atoms with van der Waals surface area (Å²) >= 11 is 0. The van der Waals surface area contributed by atoms with E-state index < -0.39 is 83.8 Å². The number of unbranched alkanes of at least 4 members (excludes halogenated alkanes) is 1. The highest BCUT2D eigenvalue weighted by molar-refractivity contribution is 5.96. The van der Waals surface area contributed by atoms with Gasteiger partial charge >= 0.3 is 5.97 Å². The molecule has 0 aliphatic heterocycles. The number of nitrogens with one attached hydrogen (secondary N) is 5. The minimum Gasteiger partial charge on any atom is -0.508 e. The third-order valence-electron chi connectivity index (χ3n) is 8.56. The van der Waals surface area contributed by atoms with E-state index >= 15 is 0 Å². The van der Waals surface area contributed by atoms with Gasteiger partial charge in [0.15, 0.2) is 5.96 Å². The number of carbonyl (C=O) groups is 6. The van der Waals surface area contributed by atoms with Crippen LogP contribution in [0.15, 0.2) is 29.3 Å². The van der Waals surface area contributed by atoms with Crippen LogP contribution in [0.4, 0.5) is 0 Å². The van der Waals surface area contributed by atoms with Crippen LogP contribution in [0.25, 0.3) is 0 Å². The van der Waals surface area contributed by atoms with Crippen LogP contribution in [0.3, 0.4) is 0 Å². The number of phenolic OH excluding ortho intramolecular Hbond substituents is 1. The molecule has 0 fully saturated rings. The number of hydrogen-bond donors (Lipinski definition) is 12. The highest BCUT2D eigenvalue weighted by Crippen LogP contribution is 2.13. The van der Waals surface area contributed by atoms with Crippen molar-refractivity contribution in [2.75, 3.05) is 13.1 Å². The minimum atomic E-state index is -1.36. The summed E-state index contributed by atoms with van der Waals surface area (Å²) in [5.74, 6) is -5.84. The van der Waals surface area contributed by atoms with Crippen molar-refractivity contribution in [3.8, 4) is 5.75 Å². The zero-order valence-electron chi connectivity index (χ0n) is 32.4. The lowest BCUT2D eigenvalue weighted by Crippen LogP contribution is -2.60. The van der Waals surface area contributed by atoms with E-state index in [1.54, 1.807) is 13.8 Å². The molecule has 0 aromatic heterocycles. The normalized spacial score (nSPS) is 15.0. The number of carbonyl (C=O) groups excluding carboxylic acids is 5. The largest absolute Gasteiger partial charge is 0.508 e. The van der Waals surface area contributed by atoms with Crippen molar-refractivity contribution in [3.05, 3.63) is 29.8 Å². The molecule has 0 heterocycles. The number of aliphatic carboxylic acids is 1. The minimum absolute atomic E-state index is 0.00903. The Bertz CT molecular complexity index is 1440. The molecular formula is C36H62N10O9. The third kappa shape index (κ3) is 18.2. The molecule has 5 amide bonds. The number of aliphatic hydroxyl groups is 1. The summed E-state index contributed by atoms with van der Waals surface area (Å²) in [6, 6.07) is -1.59. The Kier molecular flexibility index (Phi) is 21.3. The van der Waals surface area contributed by atoms with Gasteiger partial charge in [0, 0.05) is 13.0 Å². The summed E-state index contributed by atoms with van der Waals surface area (Å²) in [6.45, 7) is 8.74. The lowest BCUT2D eigenvalue weighted by Gasteiger charge is -2.29. The number of hydrogen-bond acceptors (Lipinski definition) is 11. The number of guanidine groups is 1. The van der Waals surface area contributed by atoms with Crippen LogP contribution in [-0.2, 0) is 35.2 Å². The second-order valence-electron chi connectivity index (χ2n) is 14.3. The van der Waals surface area contributed by atoms with Gasteiger partial charge in [-0.2, -0.15) is 0 Å². The second kappa shape index (κ2) is 24.4. The molecule has 19 nitrogen and oxygen atoms in total. The molecule has 1 aromatic carbocycles. The Labute approximate surface area is 322 Å². The van der Waals surface area contributed by atoms with E-state index in [1.807, 2.05) is 13.8 Å². The highest BCUT2D eigenvalue weighted by Gasteiger charge is 2.34. The molecule has 16 N–H and O–H groups in total. The molecular weight excluding hydrogens is 716 g/mol. The average Bonchev–Trinajstić information content (AvgIpc) is 3.10. The zero-order valence-corrected chi connectivity index (χ0v) is 32.4. The number of aliphatic hydroxyl groups excluding tert-OH is 1. The van der Waals surface area contributed by atoms with Crippen molar-refractivity contribution in [2.24, 2.45) is 39.8 Å². The molecule has 0 radical (unpaired) electrons. The van der Waals surface area contributed by atoms with Gasteiger partial charge in [-0.3, -0.25) is 29.0 Å². The molecule has 19 heteroatoms. The van der Waals surface area contributed by atoms with Gasteiger partial charge in [-0.25, -0.2) is 4.79 Å². The van der Waals surface area contributed by atoms with Crippen LogP contribution in [0, 0.1) is 11.8 Å². The summed E-state index contributed by atoms with van der Waals surface area (Å²) in [6.07, 6.45) is 0.282. The first-order valence-electron chi connectivity index (χ1n) is 18.5. The van der Waals surface area contributed by atoms with E-state index in [0.29, 0.717) is 24.9 Å². The Balaban J connectivity index is 3.31. The molecule has 55 heavy (non-hydrogen) atoms. The smallest absolute Gasteiger partial charge is 0.326 e. The molecule has 0 unspecified atom stereocenters. The zero-order chi connectivity index (χ0) is 41.8. The van der Waals surface area contributed by atoms with Crippen molar-refractivity contribution in [2.45, 2.75) is 122 Å². The van der Waals surface area contributed by atoms with Gasteiger partial charge in [-0.1, -0.05) is 39.8 Å². The fourth-order valence-corrected chi connectivity index (χ4v) is 5.39. The van der Waals surface area contributed by atoms with Crippen molar-refractivity contribution in [1.82, 2.24) is 26.6 Å². The van der Waals surface area contributed by atoms with E-state index in [4.69, 9.17) is 22.9 Å². The SMILES string of the molecule is CC(C)C[C@H](NC(=O)[C@H](CCCCN)NC(=O)[C@@H](N)[C@@H](C)O)C(=O)N[C@@H](CCCN=C(N)N)C(=O)N[C@H](C(=O)N[C@@H](Cc1ccc(O)cc1)C(=O)O)C(C)C. The topological polar surface area (TPSA) is 340 Å². The Hall–Kier alpha value is -5.01. The number of aliphatic imine (C=N–C) groups is 1. The number of nitrogens with zero attached hydrogens (tertiary/aromatic N) is 1. The quantitative estimate of drug-likeness (QED) is 0.0292. The van der Waals surface area contributed by atoms with Crippen LogP contribution < -0.4 is 49.5 Å². The van der Waals surface area contributed by atoms with E-state index in [2.05, 4.69) is 31.6 Å². The first-order chi connectivity index (χ1) is 25.8. The van der Waals surface area contributed by atoms with Crippen LogP contribution in [0.2, 0.25) is 0 Å². The van der Waals surface area contributed by atoms with Crippen molar-refractivity contribution in [3.63, 3.8) is 0 Å². The summed E-state index contributed by atoms with van der Waals surface area (Å²) in [5.41, 5.74) is 22.8. The number of benzene rings is 1. The first-order valence-corrected chi connectivity index (χ1v) is 18.5. The van der Waals surface area contributed by atoms with Gasteiger partial charge in [0.2, 0.25) is 29.5 Å². The summed E-state index contributed by atoms with van der Waals surface area (Å²) in [7, 11) is 0. The van der Waals surface area contributed by atoms with E-state index in [0.717, 1.165) is 0 Å². The lowest BCUT2D eigenvalue weighted by molar-refractivity contribution is -0.142. The van der Waals surface area contributed by atoms with Gasteiger partial charge < -0.3 is 64.8 Å². The average molecular weight is 779 g/mol. The van der Waals surface area contributed by atoms with Gasteiger partial charge in [0.05, 0.1) is 6.10 Å². The Morgan fingerprint density at radius 1 is 0.709 bits per heavy atom. The standard InChI is InChI=1S/C36H62N10O9/c1-19(2)17-26(44-30(49)24(9-6-7-15-37)43-33(52)28(38)21(5)47)32(51)42-25(10-8-16-41-36(39)40)31(50)46-29(20(3)4)34(53)45-27(35(54)55)18-22-11-13-23(48)14-12-22/h11-14,19-21,24-29,47-48H,6-10,15-18,37-38H2,1-5H3,(H,42,51)(H,43,52)(H,44,49)(H,45,53)(H,46,50)(H,54,55)(H4,39,40,41)/t21-,24+,25+,26+,27+,28+,29+/m1/s1. The maximum Gasteiger partial charge on any atom is 0.326 e. The maximum absolute atomic E-state index is 13.9. The molecule has 0 aliphatic carbocycles. The summed E-state index contributed by atoms with van der Waals surface area (Å²) < 4.78 is 0.